The number of aliphatic carboxylic acids is 1. The molecule has 0 radical (unpaired) electrons. The van der Waals surface area contributed by atoms with Gasteiger partial charge >= 0.3 is 5.97 Å². The number of hydrogen-bond donors (Lipinski definition) is 1. The topological polar surface area (TPSA) is 102 Å². The van der Waals surface area contributed by atoms with E-state index >= 15 is 0 Å². The van der Waals surface area contributed by atoms with Crippen LogP contribution >= 0.6 is 0 Å². The third kappa shape index (κ3) is 4.05. The molecule has 2 aromatic heterocycles. The van der Waals surface area contributed by atoms with Crippen LogP contribution in [0.5, 0.6) is 0 Å². The summed E-state index contributed by atoms with van der Waals surface area (Å²) in [5.74, 6) is -1.43. The van der Waals surface area contributed by atoms with Gasteiger partial charge in [-0.25, -0.2) is 9.37 Å². The van der Waals surface area contributed by atoms with Gasteiger partial charge in [0.15, 0.2) is 0 Å². The van der Waals surface area contributed by atoms with Gasteiger partial charge in [0.25, 0.3) is 5.56 Å². The van der Waals surface area contributed by atoms with E-state index in [0.717, 1.165) is 0 Å². The van der Waals surface area contributed by atoms with Crippen LogP contribution in [0, 0.1) is 17.1 Å². The predicted octanol–water partition coefficient (Wildman–Crippen LogP) is 2.67. The maximum atomic E-state index is 13.4. The Bertz CT molecular complexity index is 1310. The number of carboxylic acids is 1. The molecular formula is C24H24FN5O3. The molecule has 0 amide bonds. The fourth-order valence-corrected chi connectivity index (χ4v) is 4.56. The first-order valence-electron chi connectivity index (χ1n) is 10.6. The Balaban J connectivity index is 1.73. The summed E-state index contributed by atoms with van der Waals surface area (Å²) < 4.78 is 14.9. The van der Waals surface area contributed by atoms with E-state index in [4.69, 9.17) is 0 Å². The molecule has 1 aliphatic heterocycles. The maximum Gasteiger partial charge on any atom is 0.325 e. The average Bonchev–Trinajstić information content (AvgIpc) is 2.79. The molecular weight excluding hydrogens is 425 g/mol. The number of piperazine rings is 1. The Hall–Kier alpha value is -3.77. The molecule has 0 spiro atoms. The highest BCUT2D eigenvalue weighted by molar-refractivity contribution is 5.89. The molecule has 3 heterocycles. The molecule has 0 saturated carbocycles. The quantitative estimate of drug-likeness (QED) is 0.653. The van der Waals surface area contributed by atoms with Crippen molar-refractivity contribution >= 4 is 22.7 Å². The van der Waals surface area contributed by atoms with Gasteiger partial charge in [-0.15, -0.1) is 0 Å². The Labute approximate surface area is 190 Å². The monoisotopic (exact) mass is 449 g/mol. The van der Waals surface area contributed by atoms with Gasteiger partial charge in [-0.2, -0.15) is 5.26 Å². The smallest absolute Gasteiger partial charge is 0.325 e. The molecule has 1 aliphatic rings. The lowest BCUT2D eigenvalue weighted by Crippen LogP contribution is -2.58. The van der Waals surface area contributed by atoms with E-state index in [1.54, 1.807) is 19.2 Å². The fourth-order valence-electron chi connectivity index (χ4n) is 4.56. The molecule has 1 N–H and O–H groups in total. The minimum Gasteiger partial charge on any atom is -0.480 e. The first-order valence-corrected chi connectivity index (χ1v) is 10.6. The number of fused-ring (bicyclic) bond motifs is 1. The number of rotatable bonds is 4. The molecule has 3 aromatic rings. The third-order valence-corrected chi connectivity index (χ3v) is 6.28. The van der Waals surface area contributed by atoms with Crippen molar-refractivity contribution in [2.45, 2.75) is 32.0 Å². The van der Waals surface area contributed by atoms with Crippen LogP contribution in [0.15, 0.2) is 47.3 Å². The van der Waals surface area contributed by atoms with Gasteiger partial charge in [-0.3, -0.25) is 14.5 Å². The SMILES string of the molecule is C[C@@H]1CN(c2cc(=O)n(C)c3ccc(C#N)nc23)[C@@H](C)CN1C(C(=O)O)c1ccc(F)cc1. The minimum absolute atomic E-state index is 0.147. The lowest BCUT2D eigenvalue weighted by Gasteiger charge is -2.47. The van der Waals surface area contributed by atoms with Crippen LogP contribution in [0.2, 0.25) is 0 Å². The van der Waals surface area contributed by atoms with Gasteiger partial charge in [0, 0.05) is 38.3 Å². The molecule has 1 unspecified atom stereocenters. The molecule has 0 bridgehead atoms. The summed E-state index contributed by atoms with van der Waals surface area (Å²) >= 11 is 0. The van der Waals surface area contributed by atoms with E-state index in [1.165, 1.54) is 34.9 Å². The number of anilines is 1. The van der Waals surface area contributed by atoms with Crippen molar-refractivity contribution in [1.82, 2.24) is 14.5 Å². The number of halogens is 1. The zero-order valence-electron chi connectivity index (χ0n) is 18.6. The number of nitrogens with zero attached hydrogens (tertiary/aromatic N) is 5. The van der Waals surface area contributed by atoms with Crippen molar-refractivity contribution in [3.63, 3.8) is 0 Å². The van der Waals surface area contributed by atoms with Gasteiger partial charge in [0.05, 0.1) is 11.2 Å². The van der Waals surface area contributed by atoms with E-state index in [-0.39, 0.29) is 23.3 Å². The molecule has 170 valence electrons. The van der Waals surface area contributed by atoms with E-state index < -0.39 is 17.8 Å². The van der Waals surface area contributed by atoms with Crippen molar-refractivity contribution < 1.29 is 14.3 Å². The standard InChI is InChI=1S/C24H24FN5O3/c1-14-13-30(23(24(32)33)16-4-6-17(25)7-5-16)15(2)12-29(14)20-10-21(31)28(3)19-9-8-18(11-26)27-22(19)20/h4-10,14-15,23H,12-13H2,1-3H3,(H,32,33)/t14-,15+,23?/m0/s1. The second-order valence-electron chi connectivity index (χ2n) is 8.44. The number of aryl methyl sites for hydroxylation is 1. The van der Waals surface area contributed by atoms with Crippen LogP contribution in [-0.4, -0.2) is 50.7 Å². The van der Waals surface area contributed by atoms with E-state index in [9.17, 15) is 24.3 Å². The van der Waals surface area contributed by atoms with Gasteiger partial charge in [0.2, 0.25) is 0 Å². The van der Waals surface area contributed by atoms with Crippen molar-refractivity contribution in [2.75, 3.05) is 18.0 Å². The Morgan fingerprint density at radius 1 is 1.18 bits per heavy atom. The molecule has 1 aromatic carbocycles. The molecule has 33 heavy (non-hydrogen) atoms. The number of carbonyl (C=O) groups is 1. The second-order valence-corrected chi connectivity index (χ2v) is 8.44. The summed E-state index contributed by atoms with van der Waals surface area (Å²) in [6, 6.07) is 11.1. The van der Waals surface area contributed by atoms with E-state index in [1.807, 2.05) is 29.7 Å². The number of benzene rings is 1. The van der Waals surface area contributed by atoms with E-state index in [0.29, 0.717) is 35.4 Å². The Morgan fingerprint density at radius 3 is 2.52 bits per heavy atom. The zero-order valence-corrected chi connectivity index (χ0v) is 18.6. The highest BCUT2D eigenvalue weighted by Crippen LogP contribution is 2.32. The van der Waals surface area contributed by atoms with Crippen LogP contribution in [0.4, 0.5) is 10.1 Å². The lowest BCUT2D eigenvalue weighted by atomic mass is 9.99. The third-order valence-electron chi connectivity index (χ3n) is 6.28. The molecule has 4 rings (SSSR count). The normalized spacial score (nSPS) is 19.9. The molecule has 9 heteroatoms. The highest BCUT2D eigenvalue weighted by Gasteiger charge is 2.38. The van der Waals surface area contributed by atoms with Gasteiger partial charge in [-0.05, 0) is 43.7 Å². The van der Waals surface area contributed by atoms with Crippen molar-refractivity contribution in [1.29, 1.82) is 5.26 Å². The Kier molecular flexibility index (Phi) is 5.87. The van der Waals surface area contributed by atoms with Crippen LogP contribution < -0.4 is 10.5 Å². The fraction of sp³-hybridized carbons (Fsp3) is 0.333. The predicted molar refractivity (Wildman–Crippen MR) is 121 cm³/mol. The van der Waals surface area contributed by atoms with Crippen molar-refractivity contribution in [2.24, 2.45) is 7.05 Å². The van der Waals surface area contributed by atoms with Gasteiger partial charge < -0.3 is 14.6 Å². The molecule has 8 nitrogen and oxygen atoms in total. The number of hydrogen-bond acceptors (Lipinski definition) is 6. The summed E-state index contributed by atoms with van der Waals surface area (Å²) in [6.07, 6.45) is 0. The van der Waals surface area contributed by atoms with Crippen LogP contribution in [0.1, 0.15) is 31.1 Å². The lowest BCUT2D eigenvalue weighted by molar-refractivity contribution is -0.145. The maximum absolute atomic E-state index is 13.4. The van der Waals surface area contributed by atoms with Crippen LogP contribution in [0.25, 0.3) is 11.0 Å². The van der Waals surface area contributed by atoms with Crippen molar-refractivity contribution in [3.8, 4) is 6.07 Å². The minimum atomic E-state index is -1.01. The number of pyridine rings is 2. The highest BCUT2D eigenvalue weighted by atomic mass is 19.1. The zero-order chi connectivity index (χ0) is 23.9. The summed E-state index contributed by atoms with van der Waals surface area (Å²) in [5, 5.41) is 19.3. The summed E-state index contributed by atoms with van der Waals surface area (Å²) in [4.78, 5) is 33.2. The summed E-state index contributed by atoms with van der Waals surface area (Å²) in [6.45, 7) is 4.74. The molecule has 1 fully saturated rings. The summed E-state index contributed by atoms with van der Waals surface area (Å²) in [7, 11) is 1.66. The Morgan fingerprint density at radius 2 is 1.88 bits per heavy atom. The first kappa shape index (κ1) is 22.4. The molecule has 0 aliphatic carbocycles. The largest absolute Gasteiger partial charge is 0.480 e. The number of aromatic nitrogens is 2. The second kappa shape index (κ2) is 8.64. The van der Waals surface area contributed by atoms with Crippen LogP contribution in [0.3, 0.4) is 0 Å². The number of carboxylic acid groups (broad SMARTS) is 1. The number of nitriles is 1. The van der Waals surface area contributed by atoms with E-state index in [2.05, 4.69) is 4.98 Å². The van der Waals surface area contributed by atoms with Gasteiger partial charge in [-0.1, -0.05) is 12.1 Å². The first-order chi connectivity index (χ1) is 15.7. The average molecular weight is 449 g/mol. The van der Waals surface area contributed by atoms with Crippen LogP contribution in [-0.2, 0) is 11.8 Å². The van der Waals surface area contributed by atoms with Gasteiger partial charge in [0.1, 0.15) is 29.1 Å². The van der Waals surface area contributed by atoms with Crippen molar-refractivity contribution in [3.05, 3.63) is 69.9 Å². The molecule has 1 saturated heterocycles. The molecule has 3 atom stereocenters. The summed E-state index contributed by atoms with van der Waals surface area (Å²) in [5.41, 5.74) is 2.36.